The summed E-state index contributed by atoms with van der Waals surface area (Å²) in [6.07, 6.45) is 4.23. The van der Waals surface area contributed by atoms with Gasteiger partial charge >= 0.3 is 0 Å². The summed E-state index contributed by atoms with van der Waals surface area (Å²) in [7, 11) is 3.61. The number of aryl methyl sites for hydroxylation is 3. The van der Waals surface area contributed by atoms with E-state index in [2.05, 4.69) is 10.1 Å². The third-order valence-electron chi connectivity index (χ3n) is 3.71. The van der Waals surface area contributed by atoms with Gasteiger partial charge in [0.15, 0.2) is 5.82 Å². The van der Waals surface area contributed by atoms with Crippen molar-refractivity contribution in [2.24, 2.45) is 7.05 Å². The van der Waals surface area contributed by atoms with E-state index in [0.29, 0.717) is 11.6 Å². The van der Waals surface area contributed by atoms with Crippen molar-refractivity contribution in [3.63, 3.8) is 0 Å². The summed E-state index contributed by atoms with van der Waals surface area (Å²) in [5, 5.41) is 4.49. The Morgan fingerprint density at radius 1 is 1.35 bits per heavy atom. The molecule has 0 saturated heterocycles. The molecule has 0 atom stereocenters. The molecular formula is C15H20N4O. The second-order valence-electron chi connectivity index (χ2n) is 5.36. The molecule has 1 saturated carbocycles. The molecule has 0 aliphatic heterocycles. The summed E-state index contributed by atoms with van der Waals surface area (Å²) >= 11 is 0. The normalized spacial score (nSPS) is 14.5. The number of aromatic nitrogens is 3. The first kappa shape index (κ1) is 13.0. The van der Waals surface area contributed by atoms with Gasteiger partial charge in [-0.3, -0.25) is 4.68 Å². The predicted octanol–water partition coefficient (Wildman–Crippen LogP) is 2.07. The Labute approximate surface area is 118 Å². The van der Waals surface area contributed by atoms with Crippen LogP contribution in [0.15, 0.2) is 18.2 Å². The molecule has 0 unspecified atom stereocenters. The first-order chi connectivity index (χ1) is 9.67. The number of ether oxygens (including phenoxy) is 1. The zero-order valence-corrected chi connectivity index (χ0v) is 12.0. The van der Waals surface area contributed by atoms with Crippen LogP contribution in [0.25, 0.3) is 0 Å². The highest BCUT2D eigenvalue weighted by atomic mass is 16.5. The molecule has 0 radical (unpaired) electrons. The van der Waals surface area contributed by atoms with Crippen molar-refractivity contribution in [2.75, 3.05) is 12.8 Å². The molecule has 5 heteroatoms. The summed E-state index contributed by atoms with van der Waals surface area (Å²) in [4.78, 5) is 4.64. The number of benzene rings is 1. The lowest BCUT2D eigenvalue weighted by atomic mass is 10.1. The highest BCUT2D eigenvalue weighted by Gasteiger charge is 2.28. The Hall–Kier alpha value is -2.04. The van der Waals surface area contributed by atoms with Crippen LogP contribution in [0.4, 0.5) is 5.69 Å². The third-order valence-corrected chi connectivity index (χ3v) is 3.71. The van der Waals surface area contributed by atoms with Crippen LogP contribution in [-0.4, -0.2) is 21.9 Å². The van der Waals surface area contributed by atoms with Crippen molar-refractivity contribution < 1.29 is 4.74 Å². The minimum atomic E-state index is 0.637. The third kappa shape index (κ3) is 2.61. The van der Waals surface area contributed by atoms with Gasteiger partial charge in [-0.15, -0.1) is 0 Å². The molecule has 1 fully saturated rings. The van der Waals surface area contributed by atoms with Gasteiger partial charge < -0.3 is 10.5 Å². The number of nitrogen functional groups attached to an aromatic ring is 1. The van der Waals surface area contributed by atoms with E-state index in [0.717, 1.165) is 30.2 Å². The van der Waals surface area contributed by atoms with Crippen molar-refractivity contribution in [3.8, 4) is 5.75 Å². The van der Waals surface area contributed by atoms with Crippen molar-refractivity contribution in [1.29, 1.82) is 0 Å². The zero-order valence-electron chi connectivity index (χ0n) is 12.0. The molecule has 5 nitrogen and oxygen atoms in total. The number of nitrogens with two attached hydrogens (primary N) is 1. The van der Waals surface area contributed by atoms with Gasteiger partial charge in [0.1, 0.15) is 11.6 Å². The summed E-state index contributed by atoms with van der Waals surface area (Å²) in [5.74, 6) is 3.41. The van der Waals surface area contributed by atoms with Crippen LogP contribution in [0.1, 0.15) is 36.0 Å². The monoisotopic (exact) mass is 272 g/mol. The molecule has 0 bridgehead atoms. The van der Waals surface area contributed by atoms with Gasteiger partial charge in [-0.25, -0.2) is 4.98 Å². The SMILES string of the molecule is COc1ccc(CCc2nc(C3CC3)n(C)n2)cc1N. The molecule has 1 aromatic carbocycles. The van der Waals surface area contributed by atoms with Crippen LogP contribution in [-0.2, 0) is 19.9 Å². The van der Waals surface area contributed by atoms with Gasteiger partial charge in [0.05, 0.1) is 12.8 Å². The number of hydrogen-bond acceptors (Lipinski definition) is 4. The van der Waals surface area contributed by atoms with Gasteiger partial charge in [0.25, 0.3) is 0 Å². The average Bonchev–Trinajstić information content (AvgIpc) is 3.20. The molecule has 1 heterocycles. The summed E-state index contributed by atoms with van der Waals surface area (Å²) in [5.41, 5.74) is 7.78. The topological polar surface area (TPSA) is 66.0 Å². The van der Waals surface area contributed by atoms with Crippen molar-refractivity contribution in [3.05, 3.63) is 35.4 Å². The van der Waals surface area contributed by atoms with E-state index in [1.807, 2.05) is 29.9 Å². The van der Waals surface area contributed by atoms with E-state index in [4.69, 9.17) is 10.5 Å². The lowest BCUT2D eigenvalue weighted by Crippen LogP contribution is -1.98. The van der Waals surface area contributed by atoms with Crippen LogP contribution in [0, 0.1) is 0 Å². The first-order valence-electron chi connectivity index (χ1n) is 6.99. The van der Waals surface area contributed by atoms with E-state index in [1.165, 1.54) is 18.4 Å². The number of hydrogen-bond donors (Lipinski definition) is 1. The largest absolute Gasteiger partial charge is 0.495 e. The lowest BCUT2D eigenvalue weighted by molar-refractivity contribution is 0.417. The minimum Gasteiger partial charge on any atom is -0.495 e. The van der Waals surface area contributed by atoms with Gasteiger partial charge in [-0.05, 0) is 37.0 Å². The highest BCUT2D eigenvalue weighted by molar-refractivity contribution is 5.54. The second kappa shape index (κ2) is 5.15. The standard InChI is InChI=1S/C15H20N4O/c1-19-15(11-5-6-11)17-14(18-19)8-4-10-3-7-13(20-2)12(16)9-10/h3,7,9,11H,4-6,8,16H2,1-2H3. The highest BCUT2D eigenvalue weighted by Crippen LogP contribution is 2.38. The molecule has 2 N–H and O–H groups in total. The zero-order chi connectivity index (χ0) is 14.1. The Bertz CT molecular complexity index is 616. The van der Waals surface area contributed by atoms with Gasteiger partial charge in [0.2, 0.25) is 0 Å². The minimum absolute atomic E-state index is 0.637. The summed E-state index contributed by atoms with van der Waals surface area (Å²) < 4.78 is 7.09. The molecular weight excluding hydrogens is 252 g/mol. The maximum Gasteiger partial charge on any atom is 0.151 e. The maximum absolute atomic E-state index is 5.92. The fourth-order valence-electron chi connectivity index (χ4n) is 2.45. The van der Waals surface area contributed by atoms with Crippen LogP contribution < -0.4 is 10.5 Å². The molecule has 1 aliphatic rings. The van der Waals surface area contributed by atoms with Crippen LogP contribution >= 0.6 is 0 Å². The Morgan fingerprint density at radius 2 is 2.15 bits per heavy atom. The van der Waals surface area contributed by atoms with E-state index >= 15 is 0 Å². The molecule has 3 rings (SSSR count). The number of anilines is 1. The first-order valence-corrected chi connectivity index (χ1v) is 6.99. The van der Waals surface area contributed by atoms with Crippen LogP contribution in [0.3, 0.4) is 0 Å². The Morgan fingerprint density at radius 3 is 2.80 bits per heavy atom. The number of methoxy groups -OCH3 is 1. The Kier molecular flexibility index (Phi) is 3.34. The predicted molar refractivity (Wildman–Crippen MR) is 77.8 cm³/mol. The van der Waals surface area contributed by atoms with Gasteiger partial charge in [-0.2, -0.15) is 5.10 Å². The van der Waals surface area contributed by atoms with E-state index in [1.54, 1.807) is 7.11 Å². The summed E-state index contributed by atoms with van der Waals surface area (Å²) in [6, 6.07) is 5.91. The smallest absolute Gasteiger partial charge is 0.151 e. The average molecular weight is 272 g/mol. The lowest BCUT2D eigenvalue weighted by Gasteiger charge is -2.06. The Balaban J connectivity index is 1.67. The van der Waals surface area contributed by atoms with E-state index < -0.39 is 0 Å². The van der Waals surface area contributed by atoms with Crippen LogP contribution in [0.5, 0.6) is 5.75 Å². The molecule has 2 aromatic rings. The fraction of sp³-hybridized carbons (Fsp3) is 0.467. The van der Waals surface area contributed by atoms with E-state index in [-0.39, 0.29) is 0 Å². The van der Waals surface area contributed by atoms with Gasteiger partial charge in [-0.1, -0.05) is 6.07 Å². The van der Waals surface area contributed by atoms with Gasteiger partial charge in [0, 0.05) is 19.4 Å². The fourth-order valence-corrected chi connectivity index (χ4v) is 2.45. The molecule has 106 valence electrons. The molecule has 20 heavy (non-hydrogen) atoms. The molecule has 1 aliphatic carbocycles. The van der Waals surface area contributed by atoms with Crippen LogP contribution in [0.2, 0.25) is 0 Å². The quantitative estimate of drug-likeness (QED) is 0.846. The van der Waals surface area contributed by atoms with Crippen molar-refractivity contribution in [2.45, 2.75) is 31.6 Å². The van der Waals surface area contributed by atoms with Crippen molar-refractivity contribution in [1.82, 2.24) is 14.8 Å². The number of nitrogens with zero attached hydrogens (tertiary/aromatic N) is 3. The van der Waals surface area contributed by atoms with Crippen molar-refractivity contribution >= 4 is 5.69 Å². The molecule has 0 amide bonds. The molecule has 1 aromatic heterocycles. The molecule has 0 spiro atoms. The maximum atomic E-state index is 5.92. The van der Waals surface area contributed by atoms with E-state index in [9.17, 15) is 0 Å². The number of rotatable bonds is 5. The second-order valence-corrected chi connectivity index (χ2v) is 5.36. The summed E-state index contributed by atoms with van der Waals surface area (Å²) in [6.45, 7) is 0.